The summed E-state index contributed by atoms with van der Waals surface area (Å²) in [5.41, 5.74) is 4.13. The minimum absolute atomic E-state index is 0.0182. The molecule has 0 saturated heterocycles. The van der Waals surface area contributed by atoms with Gasteiger partial charge in [0.05, 0.1) is 17.6 Å². The molecule has 7 heteroatoms. The number of rotatable bonds is 7. The van der Waals surface area contributed by atoms with Gasteiger partial charge >= 0.3 is 0 Å². The minimum atomic E-state index is 0.0182. The SMILES string of the molecule is Cc1cc(C)c2[nH]c(=O)c(CN(C3CCCCC3)C(c3nnnn3C3CCCCC3)C(C)C)cc2c1. The molecule has 2 saturated carbocycles. The highest BCUT2D eigenvalue weighted by Crippen LogP contribution is 2.37. The second-order valence-electron chi connectivity index (χ2n) is 11.6. The maximum atomic E-state index is 13.4. The molecular weight excluding hydrogens is 448 g/mol. The molecule has 1 unspecified atom stereocenters. The first-order valence-electron chi connectivity index (χ1n) is 14.1. The van der Waals surface area contributed by atoms with Crippen molar-refractivity contribution in [2.45, 2.75) is 117 Å². The molecule has 7 nitrogen and oxygen atoms in total. The smallest absolute Gasteiger partial charge is 0.252 e. The van der Waals surface area contributed by atoms with Crippen LogP contribution in [0.5, 0.6) is 0 Å². The summed E-state index contributed by atoms with van der Waals surface area (Å²) >= 11 is 0. The largest absolute Gasteiger partial charge is 0.321 e. The number of pyridine rings is 1. The average molecular weight is 491 g/mol. The molecule has 2 aromatic heterocycles. The fourth-order valence-corrected chi connectivity index (χ4v) is 6.72. The number of hydrogen-bond acceptors (Lipinski definition) is 5. The maximum absolute atomic E-state index is 13.4. The summed E-state index contributed by atoms with van der Waals surface area (Å²) in [6.45, 7) is 9.35. The van der Waals surface area contributed by atoms with E-state index in [1.807, 2.05) is 0 Å². The van der Waals surface area contributed by atoms with E-state index in [0.717, 1.165) is 53.5 Å². The van der Waals surface area contributed by atoms with Crippen LogP contribution >= 0.6 is 0 Å². The summed E-state index contributed by atoms with van der Waals surface area (Å²) in [4.78, 5) is 19.1. The normalized spacial score (nSPS) is 18.9. The molecule has 1 atom stereocenters. The van der Waals surface area contributed by atoms with Crippen LogP contribution < -0.4 is 5.56 Å². The Labute approximate surface area is 214 Å². The van der Waals surface area contributed by atoms with Crippen molar-refractivity contribution in [3.8, 4) is 0 Å². The van der Waals surface area contributed by atoms with E-state index in [9.17, 15) is 4.79 Å². The van der Waals surface area contributed by atoms with Crippen LogP contribution in [0.25, 0.3) is 10.9 Å². The van der Waals surface area contributed by atoms with Gasteiger partial charge in [-0.15, -0.1) is 5.10 Å². The molecule has 0 amide bonds. The zero-order chi connectivity index (χ0) is 25.2. The second kappa shape index (κ2) is 10.8. The summed E-state index contributed by atoms with van der Waals surface area (Å²) in [5.74, 6) is 1.30. The van der Waals surface area contributed by atoms with Crippen LogP contribution in [0, 0.1) is 19.8 Å². The molecule has 0 spiro atoms. The molecule has 1 N–H and O–H groups in total. The van der Waals surface area contributed by atoms with Crippen molar-refractivity contribution in [2.75, 3.05) is 0 Å². The zero-order valence-electron chi connectivity index (χ0n) is 22.5. The Bertz CT molecular complexity index is 1230. The molecular formula is C29H42N6O. The number of hydrogen-bond donors (Lipinski definition) is 1. The quantitative estimate of drug-likeness (QED) is 0.428. The van der Waals surface area contributed by atoms with Gasteiger partial charge in [-0.3, -0.25) is 9.69 Å². The van der Waals surface area contributed by atoms with E-state index in [2.05, 4.69) is 76.0 Å². The lowest BCUT2D eigenvalue weighted by Gasteiger charge is -2.41. The first-order chi connectivity index (χ1) is 17.4. The van der Waals surface area contributed by atoms with Gasteiger partial charge in [-0.1, -0.05) is 64.0 Å². The number of nitrogens with zero attached hydrogens (tertiary/aromatic N) is 5. The van der Waals surface area contributed by atoms with Gasteiger partial charge in [-0.05, 0) is 79.0 Å². The van der Waals surface area contributed by atoms with Crippen LogP contribution in [0.1, 0.15) is 113 Å². The van der Waals surface area contributed by atoms with Crippen molar-refractivity contribution >= 4 is 10.9 Å². The lowest BCUT2D eigenvalue weighted by molar-refractivity contribution is 0.0590. The molecule has 0 bridgehead atoms. The lowest BCUT2D eigenvalue weighted by atomic mass is 9.89. The first-order valence-corrected chi connectivity index (χ1v) is 14.1. The van der Waals surface area contributed by atoms with Crippen LogP contribution in [-0.4, -0.2) is 36.1 Å². The average Bonchev–Trinajstić information content (AvgIpc) is 3.35. The lowest BCUT2D eigenvalue weighted by Crippen LogP contribution is -2.43. The molecule has 194 valence electrons. The van der Waals surface area contributed by atoms with Crippen molar-refractivity contribution in [1.82, 2.24) is 30.1 Å². The van der Waals surface area contributed by atoms with Crippen molar-refractivity contribution in [1.29, 1.82) is 0 Å². The van der Waals surface area contributed by atoms with Crippen LogP contribution in [0.15, 0.2) is 23.0 Å². The van der Waals surface area contributed by atoms with Gasteiger partial charge in [0.25, 0.3) is 5.56 Å². The highest BCUT2D eigenvalue weighted by atomic mass is 16.1. The Morgan fingerprint density at radius 2 is 1.69 bits per heavy atom. The highest BCUT2D eigenvalue weighted by molar-refractivity contribution is 5.82. The zero-order valence-corrected chi connectivity index (χ0v) is 22.5. The molecule has 0 radical (unpaired) electrons. The van der Waals surface area contributed by atoms with Crippen molar-refractivity contribution in [3.05, 3.63) is 51.1 Å². The Hall–Kier alpha value is -2.54. The molecule has 2 aliphatic carbocycles. The summed E-state index contributed by atoms with van der Waals surface area (Å²) in [6, 6.07) is 7.30. The number of nitrogens with one attached hydrogen (secondary N) is 1. The fourth-order valence-electron chi connectivity index (χ4n) is 6.72. The highest BCUT2D eigenvalue weighted by Gasteiger charge is 2.36. The van der Waals surface area contributed by atoms with Crippen molar-refractivity contribution in [2.24, 2.45) is 5.92 Å². The van der Waals surface area contributed by atoms with E-state index in [1.54, 1.807) is 0 Å². The predicted molar refractivity (Wildman–Crippen MR) is 144 cm³/mol. The third-order valence-electron chi connectivity index (χ3n) is 8.46. The monoisotopic (exact) mass is 490 g/mol. The maximum Gasteiger partial charge on any atom is 0.252 e. The van der Waals surface area contributed by atoms with E-state index in [0.29, 0.717) is 24.5 Å². The molecule has 2 fully saturated rings. The van der Waals surface area contributed by atoms with Gasteiger partial charge < -0.3 is 4.98 Å². The minimum Gasteiger partial charge on any atom is -0.321 e. The second-order valence-corrected chi connectivity index (χ2v) is 11.6. The van der Waals surface area contributed by atoms with Crippen LogP contribution in [0.3, 0.4) is 0 Å². The molecule has 1 aromatic carbocycles. The summed E-state index contributed by atoms with van der Waals surface area (Å²) in [7, 11) is 0. The van der Waals surface area contributed by atoms with Gasteiger partial charge in [0.1, 0.15) is 0 Å². The van der Waals surface area contributed by atoms with Crippen LogP contribution in [-0.2, 0) is 6.54 Å². The number of benzene rings is 1. The van der Waals surface area contributed by atoms with Gasteiger partial charge in [-0.2, -0.15) is 0 Å². The first kappa shape index (κ1) is 25.1. The van der Waals surface area contributed by atoms with Gasteiger partial charge in [0, 0.05) is 18.2 Å². The number of aromatic nitrogens is 5. The topological polar surface area (TPSA) is 79.7 Å². The van der Waals surface area contributed by atoms with E-state index >= 15 is 0 Å². The summed E-state index contributed by atoms with van der Waals surface area (Å²) in [6.07, 6.45) is 12.2. The number of aromatic amines is 1. The molecule has 2 heterocycles. The third-order valence-corrected chi connectivity index (χ3v) is 8.46. The van der Waals surface area contributed by atoms with Crippen LogP contribution in [0.2, 0.25) is 0 Å². The third kappa shape index (κ3) is 5.13. The van der Waals surface area contributed by atoms with E-state index in [-0.39, 0.29) is 11.6 Å². The summed E-state index contributed by atoms with van der Waals surface area (Å²) in [5, 5.41) is 14.4. The van der Waals surface area contributed by atoms with E-state index in [4.69, 9.17) is 0 Å². The Morgan fingerprint density at radius 1 is 1.00 bits per heavy atom. The number of aryl methyl sites for hydroxylation is 2. The molecule has 5 rings (SSSR count). The standard InChI is InChI=1S/C29H42N6O/c1-19(2)27(28-31-32-33-35(28)25-13-9-6-10-14-25)34(24-11-7-5-8-12-24)18-23-17-22-16-20(3)15-21(4)26(22)30-29(23)36/h15-17,19,24-25,27H,5-14,18H2,1-4H3,(H,30,36). The van der Waals surface area contributed by atoms with E-state index in [1.165, 1.54) is 44.1 Å². The van der Waals surface area contributed by atoms with Gasteiger partial charge in [0.2, 0.25) is 0 Å². The Morgan fingerprint density at radius 3 is 2.39 bits per heavy atom. The molecule has 0 aliphatic heterocycles. The molecule has 36 heavy (non-hydrogen) atoms. The fraction of sp³-hybridized carbons (Fsp3) is 0.655. The van der Waals surface area contributed by atoms with E-state index < -0.39 is 0 Å². The predicted octanol–water partition coefficient (Wildman–Crippen LogP) is 6.17. The number of H-pyrrole nitrogens is 1. The summed E-state index contributed by atoms with van der Waals surface area (Å²) < 4.78 is 2.14. The molecule has 2 aliphatic rings. The van der Waals surface area contributed by atoms with Crippen LogP contribution in [0.4, 0.5) is 0 Å². The van der Waals surface area contributed by atoms with Gasteiger partial charge in [0.15, 0.2) is 5.82 Å². The Kier molecular flexibility index (Phi) is 7.56. The number of tetrazole rings is 1. The Balaban J connectivity index is 1.56. The number of fused-ring (bicyclic) bond motifs is 1. The van der Waals surface area contributed by atoms with Crippen molar-refractivity contribution < 1.29 is 0 Å². The molecule has 3 aromatic rings. The van der Waals surface area contributed by atoms with Gasteiger partial charge in [-0.25, -0.2) is 4.68 Å². The van der Waals surface area contributed by atoms with Crippen molar-refractivity contribution in [3.63, 3.8) is 0 Å².